The molecule has 0 aromatic heterocycles. The lowest BCUT2D eigenvalue weighted by Gasteiger charge is -2.13. The number of rotatable bonds is 5. The summed E-state index contributed by atoms with van der Waals surface area (Å²) in [6, 6.07) is 15.7. The number of hydrogen-bond acceptors (Lipinski definition) is 2. The molecule has 0 aliphatic heterocycles. The number of carbonyl (C=O) groups is 2. The SMILES string of the molecule is O=C(NCc1ccccc1NC(=O)Nc1ccc(Cl)c(Cl)c1)Nc1ccc(Cl)c(Cl)c1. The molecule has 0 heterocycles. The second-order valence-corrected chi connectivity index (χ2v) is 7.93. The highest BCUT2D eigenvalue weighted by atomic mass is 35.5. The van der Waals surface area contributed by atoms with Crippen LogP contribution in [0, 0.1) is 0 Å². The number of carbonyl (C=O) groups excluding carboxylic acids is 2. The molecule has 0 unspecified atom stereocenters. The Morgan fingerprint density at radius 1 is 0.645 bits per heavy atom. The Labute approximate surface area is 198 Å². The van der Waals surface area contributed by atoms with E-state index >= 15 is 0 Å². The Morgan fingerprint density at radius 2 is 1.19 bits per heavy atom. The summed E-state index contributed by atoms with van der Waals surface area (Å²) in [5.74, 6) is 0. The van der Waals surface area contributed by atoms with Crippen LogP contribution in [0.2, 0.25) is 20.1 Å². The highest BCUT2D eigenvalue weighted by Gasteiger charge is 2.10. The van der Waals surface area contributed by atoms with Crippen molar-refractivity contribution in [1.82, 2.24) is 5.32 Å². The molecule has 0 radical (unpaired) electrons. The van der Waals surface area contributed by atoms with Crippen LogP contribution in [0.5, 0.6) is 0 Å². The first kappa shape index (κ1) is 23.0. The van der Waals surface area contributed by atoms with Gasteiger partial charge in [0.25, 0.3) is 0 Å². The average molecular weight is 498 g/mol. The first-order chi connectivity index (χ1) is 14.8. The number of benzene rings is 3. The van der Waals surface area contributed by atoms with Crippen LogP contribution < -0.4 is 21.3 Å². The minimum atomic E-state index is -0.467. The number of anilines is 3. The van der Waals surface area contributed by atoms with Gasteiger partial charge in [-0.25, -0.2) is 9.59 Å². The van der Waals surface area contributed by atoms with Crippen molar-refractivity contribution in [3.63, 3.8) is 0 Å². The van der Waals surface area contributed by atoms with Crippen molar-refractivity contribution in [1.29, 1.82) is 0 Å². The van der Waals surface area contributed by atoms with E-state index in [0.717, 1.165) is 0 Å². The number of amides is 4. The fraction of sp³-hybridized carbons (Fsp3) is 0.0476. The molecule has 0 atom stereocenters. The minimum Gasteiger partial charge on any atom is -0.334 e. The summed E-state index contributed by atoms with van der Waals surface area (Å²) in [7, 11) is 0. The van der Waals surface area contributed by atoms with Crippen LogP contribution >= 0.6 is 46.4 Å². The summed E-state index contributed by atoms with van der Waals surface area (Å²) in [5.41, 5.74) is 2.23. The molecular formula is C21H16Cl4N4O2. The van der Waals surface area contributed by atoms with Gasteiger partial charge in [0.05, 0.1) is 20.1 Å². The molecule has 10 heteroatoms. The maximum absolute atomic E-state index is 12.3. The summed E-state index contributed by atoms with van der Waals surface area (Å²) in [4.78, 5) is 24.5. The van der Waals surface area contributed by atoms with E-state index in [1.807, 2.05) is 0 Å². The van der Waals surface area contributed by atoms with E-state index in [4.69, 9.17) is 46.4 Å². The topological polar surface area (TPSA) is 82.3 Å². The Balaban J connectivity index is 1.59. The molecule has 0 aliphatic rings. The largest absolute Gasteiger partial charge is 0.334 e. The molecule has 4 amide bonds. The predicted octanol–water partition coefficient (Wildman–Crippen LogP) is 7.27. The molecule has 0 saturated heterocycles. The van der Waals surface area contributed by atoms with Crippen LogP contribution in [0.4, 0.5) is 26.7 Å². The lowest BCUT2D eigenvalue weighted by molar-refractivity contribution is 0.251. The molecule has 4 N–H and O–H groups in total. The Hall–Kier alpha value is -2.64. The van der Waals surface area contributed by atoms with Gasteiger partial charge in [0.15, 0.2) is 0 Å². The maximum atomic E-state index is 12.3. The normalized spacial score (nSPS) is 10.3. The number of halogens is 4. The molecule has 3 aromatic rings. The Morgan fingerprint density at radius 3 is 1.77 bits per heavy atom. The monoisotopic (exact) mass is 496 g/mol. The van der Waals surface area contributed by atoms with E-state index in [2.05, 4.69) is 21.3 Å². The van der Waals surface area contributed by atoms with E-state index in [1.165, 1.54) is 0 Å². The quantitative estimate of drug-likeness (QED) is 0.299. The van der Waals surface area contributed by atoms with Crippen molar-refractivity contribution >= 4 is 75.5 Å². The highest BCUT2D eigenvalue weighted by molar-refractivity contribution is 6.42. The molecular weight excluding hydrogens is 482 g/mol. The van der Waals surface area contributed by atoms with Gasteiger partial charge in [-0.2, -0.15) is 0 Å². The number of para-hydroxylation sites is 1. The fourth-order valence-electron chi connectivity index (χ4n) is 2.58. The first-order valence-electron chi connectivity index (χ1n) is 8.92. The van der Waals surface area contributed by atoms with Crippen molar-refractivity contribution < 1.29 is 9.59 Å². The third kappa shape index (κ3) is 6.67. The smallest absolute Gasteiger partial charge is 0.323 e. The van der Waals surface area contributed by atoms with Crippen LogP contribution in [-0.4, -0.2) is 12.1 Å². The van der Waals surface area contributed by atoms with Crippen molar-refractivity contribution in [2.75, 3.05) is 16.0 Å². The number of urea groups is 2. The molecule has 3 rings (SSSR count). The third-order valence-electron chi connectivity index (χ3n) is 4.06. The molecule has 0 bridgehead atoms. The second kappa shape index (κ2) is 10.6. The van der Waals surface area contributed by atoms with Crippen LogP contribution in [0.3, 0.4) is 0 Å². The molecule has 160 valence electrons. The Kier molecular flexibility index (Phi) is 7.87. The molecule has 0 spiro atoms. The van der Waals surface area contributed by atoms with Crippen LogP contribution in [0.1, 0.15) is 5.56 Å². The first-order valence-corrected chi connectivity index (χ1v) is 10.4. The van der Waals surface area contributed by atoms with E-state index in [1.54, 1.807) is 60.7 Å². The summed E-state index contributed by atoms with van der Waals surface area (Å²) in [6.07, 6.45) is 0. The van der Waals surface area contributed by atoms with Gasteiger partial charge >= 0.3 is 12.1 Å². The van der Waals surface area contributed by atoms with Gasteiger partial charge in [-0.1, -0.05) is 64.6 Å². The van der Waals surface area contributed by atoms with Gasteiger partial charge in [0.1, 0.15) is 0 Å². The molecule has 0 aliphatic carbocycles. The van der Waals surface area contributed by atoms with E-state index in [9.17, 15) is 9.59 Å². The van der Waals surface area contributed by atoms with E-state index in [-0.39, 0.29) is 6.54 Å². The van der Waals surface area contributed by atoms with E-state index < -0.39 is 12.1 Å². The standard InChI is InChI=1S/C21H16Cl4N4O2/c22-15-7-5-13(9-17(15)24)27-20(30)26-11-12-3-1-2-4-19(12)29-21(31)28-14-6-8-16(23)18(25)10-14/h1-10H,11H2,(H2,26,27,30)(H2,28,29,31). The summed E-state index contributed by atoms with van der Waals surface area (Å²) < 4.78 is 0. The average Bonchev–Trinajstić information content (AvgIpc) is 2.73. The Bertz CT molecular complexity index is 1120. The van der Waals surface area contributed by atoms with Crippen molar-refractivity contribution in [2.24, 2.45) is 0 Å². The minimum absolute atomic E-state index is 0.177. The third-order valence-corrected chi connectivity index (χ3v) is 5.54. The van der Waals surface area contributed by atoms with Gasteiger partial charge in [-0.05, 0) is 48.0 Å². The zero-order chi connectivity index (χ0) is 22.4. The van der Waals surface area contributed by atoms with Gasteiger partial charge in [-0.15, -0.1) is 0 Å². The van der Waals surface area contributed by atoms with Crippen molar-refractivity contribution in [3.8, 4) is 0 Å². The van der Waals surface area contributed by atoms with Crippen molar-refractivity contribution in [2.45, 2.75) is 6.54 Å². The number of hydrogen-bond donors (Lipinski definition) is 4. The van der Waals surface area contributed by atoms with Crippen LogP contribution in [-0.2, 0) is 6.54 Å². The molecule has 6 nitrogen and oxygen atoms in total. The summed E-state index contributed by atoms with van der Waals surface area (Å²) in [6.45, 7) is 0.177. The summed E-state index contributed by atoms with van der Waals surface area (Å²) >= 11 is 23.7. The van der Waals surface area contributed by atoms with Crippen molar-refractivity contribution in [3.05, 3.63) is 86.3 Å². The molecule has 3 aromatic carbocycles. The number of nitrogens with one attached hydrogen (secondary N) is 4. The fourth-order valence-corrected chi connectivity index (χ4v) is 3.18. The highest BCUT2D eigenvalue weighted by Crippen LogP contribution is 2.26. The van der Waals surface area contributed by atoms with Gasteiger partial charge in [-0.3, -0.25) is 0 Å². The molecule has 0 fully saturated rings. The lowest BCUT2D eigenvalue weighted by Crippen LogP contribution is -2.29. The van der Waals surface area contributed by atoms with Crippen LogP contribution in [0.25, 0.3) is 0 Å². The van der Waals surface area contributed by atoms with Gasteiger partial charge in [0.2, 0.25) is 0 Å². The van der Waals surface area contributed by atoms with Gasteiger partial charge < -0.3 is 21.3 Å². The van der Waals surface area contributed by atoms with Gasteiger partial charge in [0, 0.05) is 23.6 Å². The van der Waals surface area contributed by atoms with Crippen LogP contribution in [0.15, 0.2) is 60.7 Å². The molecule has 31 heavy (non-hydrogen) atoms. The zero-order valence-corrected chi connectivity index (χ0v) is 18.8. The maximum Gasteiger partial charge on any atom is 0.323 e. The lowest BCUT2D eigenvalue weighted by atomic mass is 10.2. The second-order valence-electron chi connectivity index (χ2n) is 6.30. The van der Waals surface area contributed by atoms with E-state index in [0.29, 0.717) is 42.7 Å². The predicted molar refractivity (Wildman–Crippen MR) is 128 cm³/mol. The molecule has 0 saturated carbocycles. The zero-order valence-electron chi connectivity index (χ0n) is 15.8. The summed E-state index contributed by atoms with van der Waals surface area (Å²) in [5, 5.41) is 12.3.